The summed E-state index contributed by atoms with van der Waals surface area (Å²) in [6, 6.07) is 24.0. The first-order valence-corrected chi connectivity index (χ1v) is 12.9. The minimum absolute atomic E-state index is 0. The van der Waals surface area contributed by atoms with Crippen LogP contribution in [-0.2, 0) is 22.6 Å². The summed E-state index contributed by atoms with van der Waals surface area (Å²) in [5, 5.41) is 12.5. The first-order valence-electron chi connectivity index (χ1n) is 12.9. The van der Waals surface area contributed by atoms with Crippen molar-refractivity contribution in [2.75, 3.05) is 0 Å². The Hall–Kier alpha value is -3.60. The third-order valence-corrected chi connectivity index (χ3v) is 6.02. The topological polar surface area (TPSA) is 69.6 Å². The van der Waals surface area contributed by atoms with Crippen LogP contribution < -0.4 is 5.32 Å². The number of hydrogen-bond donors (Lipinski definition) is 2. The minimum atomic E-state index is -0.658. The molecule has 0 aromatic heterocycles. The number of aromatic hydroxyl groups is 1. The van der Waals surface area contributed by atoms with Gasteiger partial charge in [-0.3, -0.25) is 9.59 Å². The van der Waals surface area contributed by atoms with Gasteiger partial charge in [0.1, 0.15) is 11.8 Å². The summed E-state index contributed by atoms with van der Waals surface area (Å²) in [5.74, 6) is 0.0257. The van der Waals surface area contributed by atoms with Crippen molar-refractivity contribution in [3.05, 3.63) is 101 Å². The standard InChI is InChI=1S/C28H30N2O3.C3H8.H2/c1-20-7-12-23(13-8-20)27(28(33)29-19-22-5-3-2-4-6-22)30(24-14-15-24)26(32)18-11-21-9-16-25(31)17-10-21;1-3-2;/h2-10,12-13,16-17,24,27,31H,11,14-15,18-19H2,1H3,(H,29,33);3H2,1-2H3;1H. The number of benzene rings is 3. The molecule has 2 N–H and O–H groups in total. The number of hydrogen-bond acceptors (Lipinski definition) is 3. The lowest BCUT2D eigenvalue weighted by atomic mass is 10.0. The number of nitrogens with zero attached hydrogens (tertiary/aromatic N) is 1. The Morgan fingerprint density at radius 1 is 0.944 bits per heavy atom. The number of phenols is 1. The molecule has 1 aliphatic carbocycles. The number of nitrogens with one attached hydrogen (secondary N) is 1. The van der Waals surface area contributed by atoms with Crippen molar-refractivity contribution in [1.29, 1.82) is 0 Å². The fraction of sp³-hybridized carbons (Fsp3) is 0.355. The van der Waals surface area contributed by atoms with Crippen LogP contribution in [0.25, 0.3) is 0 Å². The zero-order chi connectivity index (χ0) is 25.9. The van der Waals surface area contributed by atoms with E-state index in [2.05, 4.69) is 19.2 Å². The molecule has 2 amide bonds. The lowest BCUT2D eigenvalue weighted by Gasteiger charge is -2.32. The fourth-order valence-electron chi connectivity index (χ4n) is 4.02. The van der Waals surface area contributed by atoms with Gasteiger partial charge in [-0.1, -0.05) is 92.6 Å². The maximum atomic E-state index is 13.5. The summed E-state index contributed by atoms with van der Waals surface area (Å²) in [7, 11) is 0. The van der Waals surface area contributed by atoms with Crippen LogP contribution in [0.4, 0.5) is 0 Å². The van der Waals surface area contributed by atoms with Crippen LogP contribution in [0.2, 0.25) is 0 Å². The maximum absolute atomic E-state index is 13.5. The van der Waals surface area contributed by atoms with Gasteiger partial charge in [0.05, 0.1) is 0 Å². The second-order valence-corrected chi connectivity index (χ2v) is 9.42. The van der Waals surface area contributed by atoms with E-state index in [9.17, 15) is 14.7 Å². The predicted molar refractivity (Wildman–Crippen MR) is 147 cm³/mol. The molecule has 1 unspecified atom stereocenters. The lowest BCUT2D eigenvalue weighted by Crippen LogP contribution is -2.45. The molecule has 1 atom stereocenters. The Kier molecular flexibility index (Phi) is 10.1. The number of amides is 2. The monoisotopic (exact) mass is 488 g/mol. The molecule has 1 aliphatic rings. The van der Waals surface area contributed by atoms with Gasteiger partial charge < -0.3 is 15.3 Å². The van der Waals surface area contributed by atoms with Crippen molar-refractivity contribution in [3.8, 4) is 5.75 Å². The van der Waals surface area contributed by atoms with Crippen LogP contribution in [0.1, 0.15) is 69.3 Å². The van der Waals surface area contributed by atoms with Crippen molar-refractivity contribution >= 4 is 11.8 Å². The predicted octanol–water partition coefficient (Wildman–Crippen LogP) is 6.34. The summed E-state index contributed by atoms with van der Waals surface area (Å²) >= 11 is 0. The van der Waals surface area contributed by atoms with Gasteiger partial charge in [0.25, 0.3) is 0 Å². The Morgan fingerprint density at radius 2 is 1.56 bits per heavy atom. The summed E-state index contributed by atoms with van der Waals surface area (Å²) in [5.41, 5.74) is 3.94. The van der Waals surface area contributed by atoms with Crippen LogP contribution in [0.3, 0.4) is 0 Å². The third kappa shape index (κ3) is 7.98. The smallest absolute Gasteiger partial charge is 0.247 e. The fourth-order valence-corrected chi connectivity index (χ4v) is 4.02. The van der Waals surface area contributed by atoms with Gasteiger partial charge >= 0.3 is 0 Å². The Balaban J connectivity index is 0.00000115. The highest BCUT2D eigenvalue weighted by Gasteiger charge is 2.40. The molecule has 3 aromatic carbocycles. The van der Waals surface area contributed by atoms with E-state index in [1.54, 1.807) is 17.0 Å². The van der Waals surface area contributed by atoms with Crippen molar-refractivity contribution in [3.63, 3.8) is 0 Å². The number of rotatable bonds is 9. The Bertz CT molecular complexity index is 1100. The number of aryl methyl sites for hydroxylation is 2. The van der Waals surface area contributed by atoms with E-state index in [1.165, 1.54) is 6.42 Å². The quantitative estimate of drug-likeness (QED) is 0.369. The molecule has 5 nitrogen and oxygen atoms in total. The zero-order valence-corrected chi connectivity index (χ0v) is 21.6. The first kappa shape index (κ1) is 27.0. The van der Waals surface area contributed by atoms with E-state index in [4.69, 9.17) is 0 Å². The largest absolute Gasteiger partial charge is 0.508 e. The van der Waals surface area contributed by atoms with Gasteiger partial charge in [-0.15, -0.1) is 0 Å². The van der Waals surface area contributed by atoms with Gasteiger partial charge in [-0.2, -0.15) is 0 Å². The molecule has 0 aliphatic heterocycles. The van der Waals surface area contributed by atoms with E-state index in [0.29, 0.717) is 19.4 Å². The number of phenolic OH excluding ortho intramolecular Hbond substituents is 1. The Morgan fingerprint density at radius 3 is 2.14 bits per heavy atom. The number of carbonyl (C=O) groups excluding carboxylic acids is 2. The van der Waals surface area contributed by atoms with Gasteiger partial charge in [0, 0.05) is 20.4 Å². The van der Waals surface area contributed by atoms with E-state index < -0.39 is 6.04 Å². The second-order valence-electron chi connectivity index (χ2n) is 9.42. The Labute approximate surface area is 216 Å². The third-order valence-electron chi connectivity index (χ3n) is 6.02. The molecule has 0 spiro atoms. The van der Waals surface area contributed by atoms with Crippen LogP contribution in [0, 0.1) is 6.92 Å². The van der Waals surface area contributed by atoms with Gasteiger partial charge in [0.2, 0.25) is 11.8 Å². The van der Waals surface area contributed by atoms with Gasteiger partial charge in [-0.05, 0) is 55.0 Å². The molecule has 0 bridgehead atoms. The van der Waals surface area contributed by atoms with E-state index in [0.717, 1.165) is 35.1 Å². The summed E-state index contributed by atoms with van der Waals surface area (Å²) in [6.45, 7) is 6.68. The number of carbonyl (C=O) groups is 2. The molecule has 3 aromatic rings. The summed E-state index contributed by atoms with van der Waals surface area (Å²) < 4.78 is 0. The second kappa shape index (κ2) is 13.5. The molecular weight excluding hydrogens is 448 g/mol. The van der Waals surface area contributed by atoms with Crippen LogP contribution >= 0.6 is 0 Å². The van der Waals surface area contributed by atoms with Crippen molar-refractivity contribution in [2.45, 2.75) is 71.5 Å². The van der Waals surface area contributed by atoms with Crippen molar-refractivity contribution in [1.82, 2.24) is 10.2 Å². The molecule has 0 saturated heterocycles. The maximum Gasteiger partial charge on any atom is 0.247 e. The van der Waals surface area contributed by atoms with E-state index in [-0.39, 0.29) is 25.0 Å². The highest BCUT2D eigenvalue weighted by Crippen LogP contribution is 2.36. The zero-order valence-electron chi connectivity index (χ0n) is 21.6. The molecule has 1 saturated carbocycles. The van der Waals surface area contributed by atoms with Gasteiger partial charge in [-0.25, -0.2) is 0 Å². The van der Waals surface area contributed by atoms with E-state index >= 15 is 0 Å². The average molecular weight is 489 g/mol. The molecule has 36 heavy (non-hydrogen) atoms. The minimum Gasteiger partial charge on any atom is -0.508 e. The summed E-state index contributed by atoms with van der Waals surface area (Å²) in [4.78, 5) is 28.7. The van der Waals surface area contributed by atoms with E-state index in [1.807, 2.05) is 73.7 Å². The SMILES string of the molecule is CCC.Cc1ccc(C(C(=O)NCc2ccccc2)N(C(=O)CCc2ccc(O)cc2)C2CC2)cc1.[HH]. The molecule has 0 heterocycles. The highest BCUT2D eigenvalue weighted by atomic mass is 16.3. The molecule has 192 valence electrons. The lowest BCUT2D eigenvalue weighted by molar-refractivity contribution is -0.141. The molecular formula is C31H40N2O3. The normalized spacial score (nSPS) is 13.2. The van der Waals surface area contributed by atoms with Gasteiger partial charge in [0.15, 0.2) is 0 Å². The van der Waals surface area contributed by atoms with Crippen LogP contribution in [0.15, 0.2) is 78.9 Å². The highest BCUT2D eigenvalue weighted by molar-refractivity contribution is 5.89. The van der Waals surface area contributed by atoms with Crippen LogP contribution in [-0.4, -0.2) is 27.9 Å². The van der Waals surface area contributed by atoms with Crippen molar-refractivity contribution < 1.29 is 16.1 Å². The molecule has 1 fully saturated rings. The first-order chi connectivity index (χ1) is 17.4. The molecule has 0 radical (unpaired) electrons. The van der Waals surface area contributed by atoms with Crippen LogP contribution in [0.5, 0.6) is 5.75 Å². The average Bonchev–Trinajstić information content (AvgIpc) is 3.72. The molecule has 5 heteroatoms. The van der Waals surface area contributed by atoms with Crippen molar-refractivity contribution in [2.24, 2.45) is 0 Å². The summed E-state index contributed by atoms with van der Waals surface area (Å²) in [6.07, 6.45) is 3.96. The molecule has 4 rings (SSSR count).